The van der Waals surface area contributed by atoms with Crippen LogP contribution in [-0.4, -0.2) is 70.8 Å². The van der Waals surface area contributed by atoms with Crippen molar-refractivity contribution >= 4 is 17.5 Å². The van der Waals surface area contributed by atoms with Gasteiger partial charge in [0.15, 0.2) is 6.10 Å². The molecule has 1 fully saturated rings. The van der Waals surface area contributed by atoms with Gasteiger partial charge < -0.3 is 35.4 Å². The third kappa shape index (κ3) is 6.07. The van der Waals surface area contributed by atoms with Crippen molar-refractivity contribution in [2.24, 2.45) is 5.92 Å². The average molecular weight is 449 g/mol. The Hall–Kier alpha value is -2.46. The van der Waals surface area contributed by atoms with Crippen LogP contribution in [0.1, 0.15) is 32.6 Å². The minimum Gasteiger partial charge on any atom is -0.489 e. The Bertz CT molecular complexity index is 809. The summed E-state index contributed by atoms with van der Waals surface area (Å²) in [5.41, 5.74) is 0.489. The number of anilines is 1. The number of aliphatic hydroxyl groups excluding tert-OH is 3. The van der Waals surface area contributed by atoms with Crippen molar-refractivity contribution in [3.8, 4) is 5.75 Å². The van der Waals surface area contributed by atoms with Crippen LogP contribution in [0.2, 0.25) is 0 Å². The molecule has 0 saturated heterocycles. The van der Waals surface area contributed by atoms with E-state index in [0.717, 1.165) is 25.7 Å². The summed E-state index contributed by atoms with van der Waals surface area (Å²) in [4.78, 5) is 25.3. The number of benzene rings is 1. The molecule has 2 amide bonds. The Morgan fingerprint density at radius 2 is 1.97 bits per heavy atom. The van der Waals surface area contributed by atoms with Gasteiger partial charge in [-0.3, -0.25) is 9.59 Å². The highest BCUT2D eigenvalue weighted by molar-refractivity contribution is 5.99. The van der Waals surface area contributed by atoms with Crippen LogP contribution in [0.3, 0.4) is 0 Å². The maximum absolute atomic E-state index is 12.8. The molecule has 5 atom stereocenters. The lowest BCUT2D eigenvalue weighted by atomic mass is 9.99. The minimum atomic E-state index is -1.70. The first kappa shape index (κ1) is 24.2. The van der Waals surface area contributed by atoms with Crippen molar-refractivity contribution in [1.29, 1.82) is 0 Å². The van der Waals surface area contributed by atoms with Gasteiger partial charge in [-0.2, -0.15) is 0 Å². The van der Waals surface area contributed by atoms with E-state index >= 15 is 0 Å². The third-order valence-corrected chi connectivity index (χ3v) is 5.78. The maximum Gasteiger partial charge on any atom is 0.252 e. The lowest BCUT2D eigenvalue weighted by Crippen LogP contribution is -2.56. The number of para-hydroxylation sites is 2. The first-order valence-electron chi connectivity index (χ1n) is 11.1. The Morgan fingerprint density at radius 3 is 2.69 bits per heavy atom. The molecule has 1 aliphatic carbocycles. The van der Waals surface area contributed by atoms with Gasteiger partial charge in [0.1, 0.15) is 36.7 Å². The molecular formula is C23H32N2O7. The van der Waals surface area contributed by atoms with Crippen molar-refractivity contribution in [2.75, 3.05) is 18.5 Å². The van der Waals surface area contributed by atoms with E-state index in [1.165, 1.54) is 6.08 Å². The Morgan fingerprint density at radius 1 is 1.25 bits per heavy atom. The van der Waals surface area contributed by atoms with E-state index in [1.54, 1.807) is 31.2 Å². The lowest BCUT2D eigenvalue weighted by Gasteiger charge is -2.28. The monoisotopic (exact) mass is 448 g/mol. The van der Waals surface area contributed by atoms with Crippen LogP contribution in [0.25, 0.3) is 0 Å². The van der Waals surface area contributed by atoms with Crippen molar-refractivity contribution in [1.82, 2.24) is 5.32 Å². The first-order valence-corrected chi connectivity index (χ1v) is 11.1. The number of carbonyl (C=O) groups excluding carboxylic acids is 2. The maximum atomic E-state index is 12.8. The quantitative estimate of drug-likeness (QED) is 0.351. The number of hydrogen-bond donors (Lipinski definition) is 5. The summed E-state index contributed by atoms with van der Waals surface area (Å²) in [5.74, 6) is -0.447. The second-order valence-corrected chi connectivity index (χ2v) is 8.13. The molecule has 0 radical (unpaired) electrons. The SMILES string of the molecule is CCO[C@@H](C(=O)NC1COc2ccccc2NC1=O)[C@H](O)[C@@H](O)[C@H](O)/C=C/C1CCCC1. The molecule has 1 unspecified atom stereocenters. The lowest BCUT2D eigenvalue weighted by molar-refractivity contribution is -0.154. The third-order valence-electron chi connectivity index (χ3n) is 5.78. The van der Waals surface area contributed by atoms with E-state index in [4.69, 9.17) is 9.47 Å². The van der Waals surface area contributed by atoms with Gasteiger partial charge >= 0.3 is 0 Å². The topological polar surface area (TPSA) is 137 Å². The van der Waals surface area contributed by atoms with Crippen LogP contribution < -0.4 is 15.4 Å². The fourth-order valence-electron chi connectivity index (χ4n) is 3.95. The van der Waals surface area contributed by atoms with Gasteiger partial charge in [0.2, 0.25) is 0 Å². The predicted molar refractivity (Wildman–Crippen MR) is 117 cm³/mol. The summed E-state index contributed by atoms with van der Waals surface area (Å²) in [6, 6.07) is 5.86. The number of carbonyl (C=O) groups is 2. The van der Waals surface area contributed by atoms with Crippen LogP contribution in [0.5, 0.6) is 5.75 Å². The van der Waals surface area contributed by atoms with Crippen LogP contribution in [0.15, 0.2) is 36.4 Å². The summed E-state index contributed by atoms with van der Waals surface area (Å²) in [5, 5.41) is 36.5. The van der Waals surface area contributed by atoms with Crippen LogP contribution in [0.4, 0.5) is 5.69 Å². The van der Waals surface area contributed by atoms with E-state index < -0.39 is 42.3 Å². The fourth-order valence-corrected chi connectivity index (χ4v) is 3.95. The van der Waals surface area contributed by atoms with Crippen molar-refractivity contribution in [3.05, 3.63) is 36.4 Å². The van der Waals surface area contributed by atoms with E-state index in [0.29, 0.717) is 17.4 Å². The molecule has 3 rings (SSSR count). The molecular weight excluding hydrogens is 416 g/mol. The van der Waals surface area contributed by atoms with E-state index in [2.05, 4.69) is 10.6 Å². The summed E-state index contributed by atoms with van der Waals surface area (Å²) in [6.07, 6.45) is 1.43. The molecule has 1 heterocycles. The highest BCUT2D eigenvalue weighted by Crippen LogP contribution is 2.27. The van der Waals surface area contributed by atoms with Crippen molar-refractivity contribution in [2.45, 2.75) is 63.1 Å². The van der Waals surface area contributed by atoms with Gasteiger partial charge in [-0.25, -0.2) is 0 Å². The Labute approximate surface area is 187 Å². The van der Waals surface area contributed by atoms with E-state index in [-0.39, 0.29) is 13.2 Å². The van der Waals surface area contributed by atoms with Gasteiger partial charge in [0.25, 0.3) is 11.8 Å². The molecule has 1 aliphatic heterocycles. The standard InChI is InChI=1S/C23H32N2O7/c1-2-31-21(20(28)19(27)17(26)12-11-14-7-3-4-8-14)23(30)25-16-13-32-18-10-6-5-9-15(18)24-22(16)29/h5-6,9-12,14,16-17,19-21,26-28H,2-4,7-8,13H2,1H3,(H,24,29)(H,25,30)/b12-11+/t16?,17-,19+,20-,21-/m1/s1. The largest absolute Gasteiger partial charge is 0.489 e. The number of nitrogens with one attached hydrogen (secondary N) is 2. The van der Waals surface area contributed by atoms with Crippen molar-refractivity contribution in [3.63, 3.8) is 0 Å². The van der Waals surface area contributed by atoms with E-state index in [9.17, 15) is 24.9 Å². The number of hydrogen-bond acceptors (Lipinski definition) is 7. The zero-order valence-electron chi connectivity index (χ0n) is 18.1. The molecule has 176 valence electrons. The van der Waals surface area contributed by atoms with Gasteiger partial charge in [0, 0.05) is 6.61 Å². The fraction of sp³-hybridized carbons (Fsp3) is 0.565. The Balaban J connectivity index is 1.62. The second kappa shape index (κ2) is 11.4. The molecule has 32 heavy (non-hydrogen) atoms. The summed E-state index contributed by atoms with van der Waals surface area (Å²) >= 11 is 0. The smallest absolute Gasteiger partial charge is 0.252 e. The summed E-state index contributed by atoms with van der Waals surface area (Å²) < 4.78 is 11.0. The molecule has 0 spiro atoms. The molecule has 5 N–H and O–H groups in total. The van der Waals surface area contributed by atoms with Gasteiger partial charge in [0.05, 0.1) is 5.69 Å². The van der Waals surface area contributed by atoms with Crippen LogP contribution in [-0.2, 0) is 14.3 Å². The highest BCUT2D eigenvalue weighted by atomic mass is 16.5. The first-order chi connectivity index (χ1) is 15.4. The van der Waals surface area contributed by atoms with Crippen LogP contribution in [0, 0.1) is 5.92 Å². The number of amides is 2. The Kier molecular flexibility index (Phi) is 8.63. The number of rotatable bonds is 9. The predicted octanol–water partition coefficient (Wildman–Crippen LogP) is 0.736. The van der Waals surface area contributed by atoms with E-state index in [1.807, 2.05) is 6.08 Å². The zero-order valence-corrected chi connectivity index (χ0v) is 18.1. The normalized spacial score (nSPS) is 22.9. The highest BCUT2D eigenvalue weighted by Gasteiger charge is 2.38. The molecule has 0 aromatic heterocycles. The average Bonchev–Trinajstić information content (AvgIpc) is 3.26. The molecule has 1 aromatic rings. The van der Waals surface area contributed by atoms with Gasteiger partial charge in [-0.05, 0) is 37.8 Å². The molecule has 9 nitrogen and oxygen atoms in total. The van der Waals surface area contributed by atoms with Crippen LogP contribution >= 0.6 is 0 Å². The number of fused-ring (bicyclic) bond motifs is 1. The van der Waals surface area contributed by atoms with Crippen molar-refractivity contribution < 1.29 is 34.4 Å². The molecule has 1 aromatic carbocycles. The van der Waals surface area contributed by atoms with Gasteiger partial charge in [-0.1, -0.05) is 37.1 Å². The molecule has 9 heteroatoms. The number of allylic oxidation sites excluding steroid dienone is 1. The summed E-state index contributed by atoms with van der Waals surface area (Å²) in [7, 11) is 0. The minimum absolute atomic E-state index is 0.0781. The molecule has 2 aliphatic rings. The molecule has 1 saturated carbocycles. The summed E-state index contributed by atoms with van der Waals surface area (Å²) in [6.45, 7) is 1.60. The van der Waals surface area contributed by atoms with Gasteiger partial charge in [-0.15, -0.1) is 0 Å². The second-order valence-electron chi connectivity index (χ2n) is 8.13. The molecule has 0 bridgehead atoms. The number of aliphatic hydroxyl groups is 3. The number of ether oxygens (including phenoxy) is 2. The zero-order chi connectivity index (χ0) is 23.1.